The Kier molecular flexibility index (Phi) is 4.79. The first-order chi connectivity index (χ1) is 6.58. The highest BCUT2D eigenvalue weighted by atomic mass is 35.5. The van der Waals surface area contributed by atoms with E-state index in [1.165, 1.54) is 0 Å². The number of ketones is 1. The lowest BCUT2D eigenvalue weighted by Gasteiger charge is -2.01. The summed E-state index contributed by atoms with van der Waals surface area (Å²) in [6.07, 6.45) is 0.578. The Bertz CT molecular complexity index is 319. The molecule has 0 bridgehead atoms. The normalized spacial score (nSPS) is 10.2. The fourth-order valence-corrected chi connectivity index (χ4v) is 2.63. The summed E-state index contributed by atoms with van der Waals surface area (Å²) in [6, 6.07) is 5.38. The molecule has 0 atom stereocenters. The minimum absolute atomic E-state index is 0.200. The predicted molar refractivity (Wildman–Crippen MR) is 62.5 cm³/mol. The third kappa shape index (κ3) is 4.36. The van der Waals surface area contributed by atoms with Crippen LogP contribution < -0.4 is 0 Å². The SMILES string of the molecule is CC(=O)CCSc1cc(Cl)cc(Cl)c1. The molecule has 4 heteroatoms. The van der Waals surface area contributed by atoms with E-state index in [9.17, 15) is 4.79 Å². The van der Waals surface area contributed by atoms with Gasteiger partial charge in [-0.05, 0) is 25.1 Å². The van der Waals surface area contributed by atoms with Crippen LogP contribution in [-0.2, 0) is 4.79 Å². The maximum Gasteiger partial charge on any atom is 0.130 e. The molecule has 1 nitrogen and oxygen atoms in total. The fraction of sp³-hybridized carbons (Fsp3) is 0.300. The van der Waals surface area contributed by atoms with Gasteiger partial charge in [-0.25, -0.2) is 0 Å². The Balaban J connectivity index is 2.54. The first kappa shape index (κ1) is 11.9. The Hall–Kier alpha value is -0.180. The molecule has 0 spiro atoms. The van der Waals surface area contributed by atoms with E-state index in [2.05, 4.69) is 0 Å². The number of rotatable bonds is 4. The molecule has 0 aliphatic rings. The number of benzene rings is 1. The molecule has 1 aromatic rings. The van der Waals surface area contributed by atoms with Gasteiger partial charge < -0.3 is 0 Å². The molecule has 76 valence electrons. The minimum atomic E-state index is 0.200. The molecule has 0 radical (unpaired) electrons. The second-order valence-corrected chi connectivity index (χ2v) is 4.95. The van der Waals surface area contributed by atoms with Gasteiger partial charge in [0.05, 0.1) is 0 Å². The lowest BCUT2D eigenvalue weighted by atomic mass is 10.3. The molecule has 0 amide bonds. The van der Waals surface area contributed by atoms with Crippen LogP contribution in [0.3, 0.4) is 0 Å². The summed E-state index contributed by atoms with van der Waals surface area (Å²) in [7, 11) is 0. The van der Waals surface area contributed by atoms with Crippen LogP contribution in [0.25, 0.3) is 0 Å². The molecule has 0 aromatic heterocycles. The molecular formula is C10H10Cl2OS. The number of thioether (sulfide) groups is 1. The predicted octanol–water partition coefficient (Wildman–Crippen LogP) is 4.06. The van der Waals surface area contributed by atoms with Gasteiger partial charge in [-0.2, -0.15) is 0 Å². The van der Waals surface area contributed by atoms with Gasteiger partial charge in [0, 0.05) is 27.1 Å². The van der Waals surface area contributed by atoms with Crippen molar-refractivity contribution in [3.8, 4) is 0 Å². The van der Waals surface area contributed by atoms with Crippen LogP contribution in [-0.4, -0.2) is 11.5 Å². The summed E-state index contributed by atoms with van der Waals surface area (Å²) in [6.45, 7) is 1.59. The van der Waals surface area contributed by atoms with Gasteiger partial charge in [0.2, 0.25) is 0 Å². The highest BCUT2D eigenvalue weighted by molar-refractivity contribution is 7.99. The monoisotopic (exact) mass is 248 g/mol. The van der Waals surface area contributed by atoms with Gasteiger partial charge in [-0.1, -0.05) is 23.2 Å². The molecule has 0 unspecified atom stereocenters. The lowest BCUT2D eigenvalue weighted by Crippen LogP contribution is -1.91. The van der Waals surface area contributed by atoms with Gasteiger partial charge in [-0.3, -0.25) is 4.79 Å². The van der Waals surface area contributed by atoms with Gasteiger partial charge >= 0.3 is 0 Å². The first-order valence-electron chi connectivity index (χ1n) is 4.16. The second kappa shape index (κ2) is 5.64. The Morgan fingerprint density at radius 2 is 1.86 bits per heavy atom. The molecule has 1 aromatic carbocycles. The third-order valence-electron chi connectivity index (χ3n) is 1.56. The van der Waals surface area contributed by atoms with Crippen LogP contribution in [0.1, 0.15) is 13.3 Å². The number of hydrogen-bond donors (Lipinski definition) is 0. The van der Waals surface area contributed by atoms with E-state index in [-0.39, 0.29) is 5.78 Å². The maximum atomic E-state index is 10.7. The highest BCUT2D eigenvalue weighted by Crippen LogP contribution is 2.26. The van der Waals surface area contributed by atoms with Crippen LogP contribution in [0, 0.1) is 0 Å². The number of carbonyl (C=O) groups excluding carboxylic acids is 1. The molecule has 0 heterocycles. The lowest BCUT2D eigenvalue weighted by molar-refractivity contribution is -0.116. The fourth-order valence-electron chi connectivity index (χ4n) is 0.924. The van der Waals surface area contributed by atoms with Gasteiger partial charge in [-0.15, -0.1) is 11.8 Å². The molecule has 0 N–H and O–H groups in total. The van der Waals surface area contributed by atoms with Crippen LogP contribution in [0.15, 0.2) is 23.1 Å². The van der Waals surface area contributed by atoms with Crippen molar-refractivity contribution >= 4 is 40.7 Å². The van der Waals surface area contributed by atoms with Crippen LogP contribution in [0.4, 0.5) is 0 Å². The molecule has 0 fully saturated rings. The van der Waals surface area contributed by atoms with Gasteiger partial charge in [0.1, 0.15) is 5.78 Å². The summed E-state index contributed by atoms with van der Waals surface area (Å²) in [5, 5.41) is 1.26. The number of hydrogen-bond acceptors (Lipinski definition) is 2. The van der Waals surface area contributed by atoms with Gasteiger partial charge in [0.25, 0.3) is 0 Å². The van der Waals surface area contributed by atoms with Crippen molar-refractivity contribution in [3.05, 3.63) is 28.2 Å². The first-order valence-corrected chi connectivity index (χ1v) is 5.90. The van der Waals surface area contributed by atoms with E-state index < -0.39 is 0 Å². The molecule has 0 saturated heterocycles. The number of Topliss-reactive ketones (excluding diaryl/α,β-unsaturated/α-hetero) is 1. The molecule has 14 heavy (non-hydrogen) atoms. The van der Waals surface area contributed by atoms with E-state index in [1.807, 2.05) is 12.1 Å². The van der Waals surface area contributed by atoms with Crippen molar-refractivity contribution < 1.29 is 4.79 Å². The van der Waals surface area contributed by atoms with Crippen molar-refractivity contribution in [2.24, 2.45) is 0 Å². The van der Waals surface area contributed by atoms with Crippen molar-refractivity contribution in [2.75, 3.05) is 5.75 Å². The summed E-state index contributed by atoms with van der Waals surface area (Å²) in [5.41, 5.74) is 0. The summed E-state index contributed by atoms with van der Waals surface area (Å²) >= 11 is 13.2. The number of carbonyl (C=O) groups is 1. The third-order valence-corrected chi connectivity index (χ3v) is 2.97. The standard InChI is InChI=1S/C10H10Cl2OS/c1-7(13)2-3-14-10-5-8(11)4-9(12)6-10/h4-6H,2-3H2,1H3. The van der Waals surface area contributed by atoms with E-state index in [0.29, 0.717) is 16.5 Å². The molecule has 0 saturated carbocycles. The summed E-state index contributed by atoms with van der Waals surface area (Å²) in [4.78, 5) is 11.7. The Morgan fingerprint density at radius 1 is 1.29 bits per heavy atom. The second-order valence-electron chi connectivity index (χ2n) is 2.91. The van der Waals surface area contributed by atoms with E-state index in [4.69, 9.17) is 23.2 Å². The van der Waals surface area contributed by atoms with Crippen LogP contribution in [0.2, 0.25) is 10.0 Å². The van der Waals surface area contributed by atoms with Crippen molar-refractivity contribution in [1.82, 2.24) is 0 Å². The molecule has 0 aliphatic heterocycles. The van der Waals surface area contributed by atoms with Crippen LogP contribution in [0.5, 0.6) is 0 Å². The summed E-state index contributed by atoms with van der Waals surface area (Å²) in [5.74, 6) is 0.969. The zero-order valence-electron chi connectivity index (χ0n) is 7.72. The average Bonchev–Trinajstić information content (AvgIpc) is 2.01. The smallest absolute Gasteiger partial charge is 0.130 e. The maximum absolute atomic E-state index is 10.7. The Labute approximate surface area is 97.8 Å². The minimum Gasteiger partial charge on any atom is -0.300 e. The van der Waals surface area contributed by atoms with E-state index in [0.717, 1.165) is 10.6 Å². The van der Waals surface area contributed by atoms with Crippen LogP contribution >= 0.6 is 35.0 Å². The zero-order chi connectivity index (χ0) is 10.6. The molecule has 0 aliphatic carbocycles. The molecule has 1 rings (SSSR count). The number of halogens is 2. The summed E-state index contributed by atoms with van der Waals surface area (Å²) < 4.78 is 0. The topological polar surface area (TPSA) is 17.1 Å². The van der Waals surface area contributed by atoms with E-state index >= 15 is 0 Å². The van der Waals surface area contributed by atoms with E-state index in [1.54, 1.807) is 24.8 Å². The molecular weight excluding hydrogens is 239 g/mol. The Morgan fingerprint density at radius 3 is 2.36 bits per heavy atom. The largest absolute Gasteiger partial charge is 0.300 e. The van der Waals surface area contributed by atoms with Crippen molar-refractivity contribution in [1.29, 1.82) is 0 Å². The van der Waals surface area contributed by atoms with Gasteiger partial charge in [0.15, 0.2) is 0 Å². The zero-order valence-corrected chi connectivity index (χ0v) is 10.0. The quantitative estimate of drug-likeness (QED) is 0.748. The van der Waals surface area contributed by atoms with Crippen molar-refractivity contribution in [3.63, 3.8) is 0 Å². The average molecular weight is 249 g/mol. The van der Waals surface area contributed by atoms with Crippen molar-refractivity contribution in [2.45, 2.75) is 18.2 Å². The highest BCUT2D eigenvalue weighted by Gasteiger charge is 2.00.